The Bertz CT molecular complexity index is 165. The normalized spacial score (nSPS) is 21.2. The third-order valence-electron chi connectivity index (χ3n) is 3.39. The van der Waals surface area contributed by atoms with Crippen molar-refractivity contribution < 1.29 is 0 Å². The summed E-state index contributed by atoms with van der Waals surface area (Å²) in [4.78, 5) is 0. The van der Waals surface area contributed by atoms with Crippen LogP contribution in [0.25, 0.3) is 0 Å². The van der Waals surface area contributed by atoms with Crippen molar-refractivity contribution >= 4 is 0 Å². The lowest BCUT2D eigenvalue weighted by molar-refractivity contribution is 0.200. The molecule has 0 aromatic rings. The first-order chi connectivity index (χ1) is 6.31. The molecular weight excluding hydrogens is 168 g/mol. The molecule has 1 aliphatic carbocycles. The van der Waals surface area contributed by atoms with E-state index in [-0.39, 0.29) is 0 Å². The monoisotopic (exact) mass is 195 g/mol. The van der Waals surface area contributed by atoms with Gasteiger partial charge in [-0.25, -0.2) is 0 Å². The molecule has 0 aromatic carbocycles. The highest BCUT2D eigenvalue weighted by Crippen LogP contribution is 2.46. The maximum Gasteiger partial charge on any atom is -0.0184 e. The molecule has 1 saturated carbocycles. The molecule has 0 N–H and O–H groups in total. The van der Waals surface area contributed by atoms with Crippen molar-refractivity contribution in [3.05, 3.63) is 5.92 Å². The fourth-order valence-electron chi connectivity index (χ4n) is 3.11. The van der Waals surface area contributed by atoms with Crippen molar-refractivity contribution in [3.8, 4) is 0 Å². The number of hydrogen-bond donors (Lipinski definition) is 0. The van der Waals surface area contributed by atoms with Crippen LogP contribution in [-0.2, 0) is 0 Å². The van der Waals surface area contributed by atoms with Crippen molar-refractivity contribution in [3.63, 3.8) is 0 Å². The van der Waals surface area contributed by atoms with Crippen LogP contribution in [0.3, 0.4) is 0 Å². The quantitative estimate of drug-likeness (QED) is 0.582. The van der Waals surface area contributed by atoms with E-state index in [1.54, 1.807) is 0 Å². The average Bonchev–Trinajstić information content (AvgIpc) is 2.01. The molecule has 0 bridgehead atoms. The van der Waals surface area contributed by atoms with Gasteiger partial charge in [-0.1, -0.05) is 53.9 Å². The number of rotatable bonds is 2. The first-order valence-electron chi connectivity index (χ1n) is 6.16. The summed E-state index contributed by atoms with van der Waals surface area (Å²) in [6.07, 6.45) is 8.43. The summed E-state index contributed by atoms with van der Waals surface area (Å²) in [5.74, 6) is 1.83. The van der Waals surface area contributed by atoms with E-state index in [2.05, 4.69) is 34.6 Å². The van der Waals surface area contributed by atoms with Gasteiger partial charge in [0, 0.05) is 0 Å². The second-order valence-electron chi connectivity index (χ2n) is 6.79. The van der Waals surface area contributed by atoms with Crippen molar-refractivity contribution in [2.24, 2.45) is 10.8 Å². The minimum atomic E-state index is 0.466. The van der Waals surface area contributed by atoms with Crippen LogP contribution >= 0.6 is 0 Å². The van der Waals surface area contributed by atoms with Crippen molar-refractivity contribution in [1.29, 1.82) is 0 Å². The minimum Gasteiger partial charge on any atom is -0.0602 e. The van der Waals surface area contributed by atoms with Crippen LogP contribution in [0.4, 0.5) is 0 Å². The molecule has 0 spiro atoms. The van der Waals surface area contributed by atoms with E-state index in [4.69, 9.17) is 0 Å². The van der Waals surface area contributed by atoms with Gasteiger partial charge in [0.05, 0.1) is 0 Å². The zero-order valence-electron chi connectivity index (χ0n) is 10.7. The van der Waals surface area contributed by atoms with Crippen molar-refractivity contribution in [1.82, 2.24) is 0 Å². The smallest absolute Gasteiger partial charge is 0.0184 e. The van der Waals surface area contributed by atoms with Gasteiger partial charge in [-0.15, -0.1) is 0 Å². The zero-order chi connectivity index (χ0) is 10.8. The molecule has 0 saturated heterocycles. The summed E-state index contributed by atoms with van der Waals surface area (Å²) < 4.78 is 0. The summed E-state index contributed by atoms with van der Waals surface area (Å²) in [6.45, 7) is 12.0. The molecule has 1 aliphatic rings. The van der Waals surface area contributed by atoms with Crippen LogP contribution in [0.1, 0.15) is 73.1 Å². The van der Waals surface area contributed by atoms with E-state index < -0.39 is 0 Å². The molecule has 0 aliphatic heterocycles. The molecule has 14 heavy (non-hydrogen) atoms. The summed E-state index contributed by atoms with van der Waals surface area (Å²) in [7, 11) is 0. The third kappa shape index (κ3) is 3.63. The van der Waals surface area contributed by atoms with E-state index in [1.165, 1.54) is 38.5 Å². The lowest BCUT2D eigenvalue weighted by Crippen LogP contribution is -2.29. The lowest BCUT2D eigenvalue weighted by Gasteiger charge is -2.40. The fourth-order valence-corrected chi connectivity index (χ4v) is 3.11. The highest BCUT2D eigenvalue weighted by atomic mass is 14.4. The molecule has 0 heteroatoms. The molecule has 0 nitrogen and oxygen atoms in total. The van der Waals surface area contributed by atoms with Gasteiger partial charge in [-0.3, -0.25) is 0 Å². The first kappa shape index (κ1) is 12.1. The van der Waals surface area contributed by atoms with Crippen molar-refractivity contribution in [2.75, 3.05) is 0 Å². The van der Waals surface area contributed by atoms with E-state index >= 15 is 0 Å². The predicted octanol–water partition coefficient (Wildman–Crippen LogP) is 4.99. The van der Waals surface area contributed by atoms with Gasteiger partial charge < -0.3 is 0 Å². The average molecular weight is 195 g/mol. The van der Waals surface area contributed by atoms with E-state index in [0.29, 0.717) is 10.8 Å². The second kappa shape index (κ2) is 4.24. The molecule has 83 valence electrons. The number of hydrogen-bond acceptors (Lipinski definition) is 0. The molecular formula is C14H27. The lowest BCUT2D eigenvalue weighted by atomic mass is 9.65. The Morgan fingerprint density at radius 1 is 0.857 bits per heavy atom. The molecule has 0 unspecified atom stereocenters. The summed E-state index contributed by atoms with van der Waals surface area (Å²) in [5, 5.41) is 0. The van der Waals surface area contributed by atoms with Crippen LogP contribution in [-0.4, -0.2) is 0 Å². The van der Waals surface area contributed by atoms with Crippen LogP contribution in [0.2, 0.25) is 0 Å². The minimum absolute atomic E-state index is 0.466. The Balaban J connectivity index is 2.54. The van der Waals surface area contributed by atoms with Crippen LogP contribution in [0, 0.1) is 16.7 Å². The summed E-state index contributed by atoms with van der Waals surface area (Å²) in [5.41, 5.74) is 0.937. The molecule has 0 heterocycles. The van der Waals surface area contributed by atoms with Crippen LogP contribution in [0.15, 0.2) is 0 Å². The Morgan fingerprint density at radius 3 is 1.79 bits per heavy atom. The van der Waals surface area contributed by atoms with E-state index in [9.17, 15) is 0 Å². The highest BCUT2D eigenvalue weighted by molar-refractivity contribution is 5.05. The SMILES string of the molecule is CC(C)(C)CC(C)(C)[C]1CCCCC1. The predicted molar refractivity (Wildman–Crippen MR) is 64.2 cm³/mol. The molecule has 1 radical (unpaired) electrons. The van der Waals surface area contributed by atoms with Gasteiger partial charge >= 0.3 is 0 Å². The van der Waals surface area contributed by atoms with Crippen LogP contribution in [0.5, 0.6) is 0 Å². The van der Waals surface area contributed by atoms with Gasteiger partial charge in [-0.2, -0.15) is 0 Å². The van der Waals surface area contributed by atoms with Gasteiger partial charge in [0.15, 0.2) is 0 Å². The van der Waals surface area contributed by atoms with Gasteiger partial charge in [0.2, 0.25) is 0 Å². The maximum atomic E-state index is 2.44. The standard InChI is InChI=1S/C14H27/c1-13(2,3)11-14(4,5)12-9-7-6-8-10-12/h6-11H2,1-5H3. The Morgan fingerprint density at radius 2 is 1.36 bits per heavy atom. The molecule has 1 fully saturated rings. The van der Waals surface area contributed by atoms with E-state index in [0.717, 1.165) is 0 Å². The summed E-state index contributed by atoms with van der Waals surface area (Å²) in [6, 6.07) is 0. The van der Waals surface area contributed by atoms with Crippen LogP contribution < -0.4 is 0 Å². The molecule has 0 amide bonds. The highest BCUT2D eigenvalue weighted by Gasteiger charge is 2.34. The Hall–Kier alpha value is 0. The van der Waals surface area contributed by atoms with Crippen molar-refractivity contribution in [2.45, 2.75) is 73.1 Å². The van der Waals surface area contributed by atoms with Gasteiger partial charge in [0.1, 0.15) is 0 Å². The molecule has 1 rings (SSSR count). The Labute approximate surface area is 90.5 Å². The first-order valence-corrected chi connectivity index (χ1v) is 6.16. The Kier molecular flexibility index (Phi) is 3.66. The summed E-state index contributed by atoms with van der Waals surface area (Å²) >= 11 is 0. The maximum absolute atomic E-state index is 2.44. The fraction of sp³-hybridized carbons (Fsp3) is 0.929. The second-order valence-corrected chi connectivity index (χ2v) is 6.79. The molecule has 0 aromatic heterocycles. The van der Waals surface area contributed by atoms with Gasteiger partial charge in [-0.05, 0) is 36.0 Å². The topological polar surface area (TPSA) is 0 Å². The molecule has 0 atom stereocenters. The zero-order valence-corrected chi connectivity index (χ0v) is 10.7. The largest absolute Gasteiger partial charge is 0.0602 e. The third-order valence-corrected chi connectivity index (χ3v) is 3.39. The van der Waals surface area contributed by atoms with E-state index in [1.807, 2.05) is 5.92 Å². The van der Waals surface area contributed by atoms with Gasteiger partial charge in [0.25, 0.3) is 0 Å².